The molecule has 4 heteroatoms. The molecule has 0 spiro atoms. The third-order valence-corrected chi connectivity index (χ3v) is 3.65. The summed E-state index contributed by atoms with van der Waals surface area (Å²) in [5, 5.41) is 6.19. The van der Waals surface area contributed by atoms with E-state index in [4.69, 9.17) is 0 Å². The van der Waals surface area contributed by atoms with Gasteiger partial charge in [-0.1, -0.05) is 12.1 Å². The molecule has 2 N–H and O–H groups in total. The molecule has 0 saturated carbocycles. The fraction of sp³-hybridized carbons (Fsp3) is 0.500. The fourth-order valence-corrected chi connectivity index (χ4v) is 2.02. The zero-order valence-electron chi connectivity index (χ0n) is 11.3. The number of amides is 1. The van der Waals surface area contributed by atoms with Crippen LogP contribution in [-0.2, 0) is 4.79 Å². The molecule has 4 nitrogen and oxygen atoms in total. The van der Waals surface area contributed by atoms with Gasteiger partial charge in [-0.15, -0.1) is 0 Å². The summed E-state index contributed by atoms with van der Waals surface area (Å²) >= 11 is 0. The summed E-state index contributed by atoms with van der Waals surface area (Å²) in [4.78, 5) is 14.1. The number of nitrogens with zero attached hydrogens (tertiary/aromatic N) is 1. The molecule has 0 aliphatic carbocycles. The van der Waals surface area contributed by atoms with Crippen LogP contribution in [0.15, 0.2) is 18.2 Å². The first-order valence-electron chi connectivity index (χ1n) is 6.35. The standard InChI is InChI=1S/C14H21N3O/c1-10-5-4-6-13(11(10)2)16-14(18)9-17(3)12-7-15-8-12/h4-6,12,15H,7-9H2,1-3H3,(H,16,18). The van der Waals surface area contributed by atoms with E-state index in [1.54, 1.807) is 0 Å². The molecule has 1 heterocycles. The van der Waals surface area contributed by atoms with Crippen molar-refractivity contribution in [2.45, 2.75) is 19.9 Å². The lowest BCUT2D eigenvalue weighted by atomic mass is 10.1. The number of nitrogens with one attached hydrogen (secondary N) is 2. The van der Waals surface area contributed by atoms with E-state index in [2.05, 4.69) is 28.5 Å². The summed E-state index contributed by atoms with van der Waals surface area (Å²) in [5.41, 5.74) is 3.25. The summed E-state index contributed by atoms with van der Waals surface area (Å²) in [6.45, 7) is 6.49. The highest BCUT2D eigenvalue weighted by Crippen LogP contribution is 2.17. The van der Waals surface area contributed by atoms with E-state index in [0.717, 1.165) is 24.3 Å². The normalized spacial score (nSPS) is 15.6. The number of hydrogen-bond donors (Lipinski definition) is 2. The lowest BCUT2D eigenvalue weighted by Crippen LogP contribution is -2.57. The minimum atomic E-state index is 0.0538. The van der Waals surface area contributed by atoms with Gasteiger partial charge in [0.25, 0.3) is 0 Å². The number of hydrogen-bond acceptors (Lipinski definition) is 3. The van der Waals surface area contributed by atoms with Crippen LogP contribution in [0, 0.1) is 13.8 Å². The van der Waals surface area contributed by atoms with Crippen LogP contribution >= 0.6 is 0 Å². The van der Waals surface area contributed by atoms with Crippen LogP contribution in [0.25, 0.3) is 0 Å². The minimum absolute atomic E-state index is 0.0538. The Balaban J connectivity index is 1.92. The van der Waals surface area contributed by atoms with Gasteiger partial charge in [0.05, 0.1) is 6.54 Å². The third-order valence-electron chi connectivity index (χ3n) is 3.65. The molecular weight excluding hydrogens is 226 g/mol. The second-order valence-corrected chi connectivity index (χ2v) is 5.02. The maximum Gasteiger partial charge on any atom is 0.238 e. The third kappa shape index (κ3) is 2.89. The average molecular weight is 247 g/mol. The molecule has 1 aromatic rings. The van der Waals surface area contributed by atoms with Gasteiger partial charge in [-0.25, -0.2) is 0 Å². The zero-order valence-corrected chi connectivity index (χ0v) is 11.3. The van der Waals surface area contributed by atoms with Crippen molar-refractivity contribution in [1.82, 2.24) is 10.2 Å². The predicted octanol–water partition coefficient (Wildman–Crippen LogP) is 1.15. The van der Waals surface area contributed by atoms with Gasteiger partial charge in [0, 0.05) is 24.8 Å². The highest BCUT2D eigenvalue weighted by molar-refractivity contribution is 5.93. The monoisotopic (exact) mass is 247 g/mol. The molecule has 0 atom stereocenters. The van der Waals surface area contributed by atoms with E-state index in [0.29, 0.717) is 12.6 Å². The zero-order chi connectivity index (χ0) is 13.1. The molecule has 1 saturated heterocycles. The van der Waals surface area contributed by atoms with E-state index >= 15 is 0 Å². The van der Waals surface area contributed by atoms with Gasteiger partial charge < -0.3 is 10.6 Å². The average Bonchev–Trinajstić information content (AvgIpc) is 2.22. The Bertz CT molecular complexity index is 441. The van der Waals surface area contributed by atoms with Crippen molar-refractivity contribution in [3.05, 3.63) is 29.3 Å². The van der Waals surface area contributed by atoms with Crippen LogP contribution < -0.4 is 10.6 Å². The SMILES string of the molecule is Cc1cccc(NC(=O)CN(C)C2CNC2)c1C. The summed E-state index contributed by atoms with van der Waals surface area (Å²) in [5.74, 6) is 0.0538. The quantitative estimate of drug-likeness (QED) is 0.839. The molecule has 1 fully saturated rings. The van der Waals surface area contributed by atoms with Crippen LogP contribution in [0.1, 0.15) is 11.1 Å². The van der Waals surface area contributed by atoms with E-state index in [-0.39, 0.29) is 5.91 Å². The number of anilines is 1. The summed E-state index contributed by atoms with van der Waals surface area (Å²) < 4.78 is 0. The van der Waals surface area contributed by atoms with Crippen LogP contribution in [0.3, 0.4) is 0 Å². The van der Waals surface area contributed by atoms with Gasteiger partial charge >= 0.3 is 0 Å². The molecule has 0 unspecified atom stereocenters. The Morgan fingerprint density at radius 3 is 2.78 bits per heavy atom. The van der Waals surface area contributed by atoms with Crippen molar-refractivity contribution in [2.75, 3.05) is 32.0 Å². The number of benzene rings is 1. The van der Waals surface area contributed by atoms with Crippen LogP contribution in [-0.4, -0.2) is 43.5 Å². The molecule has 0 aromatic heterocycles. The molecule has 1 aliphatic rings. The van der Waals surface area contributed by atoms with Crippen molar-refractivity contribution >= 4 is 11.6 Å². The number of carbonyl (C=O) groups excluding carboxylic acids is 1. The summed E-state index contributed by atoms with van der Waals surface area (Å²) in [7, 11) is 1.99. The fourth-order valence-electron chi connectivity index (χ4n) is 2.02. The Morgan fingerprint density at radius 1 is 1.44 bits per heavy atom. The topological polar surface area (TPSA) is 44.4 Å². The first-order valence-corrected chi connectivity index (χ1v) is 6.35. The molecule has 0 bridgehead atoms. The van der Waals surface area contributed by atoms with Crippen molar-refractivity contribution in [1.29, 1.82) is 0 Å². The lowest BCUT2D eigenvalue weighted by molar-refractivity contribution is -0.117. The van der Waals surface area contributed by atoms with Crippen LogP contribution in [0.5, 0.6) is 0 Å². The molecule has 1 aromatic carbocycles. The van der Waals surface area contributed by atoms with Crippen molar-refractivity contribution < 1.29 is 4.79 Å². The first-order chi connectivity index (χ1) is 8.58. The van der Waals surface area contributed by atoms with Crippen molar-refractivity contribution in [2.24, 2.45) is 0 Å². The highest BCUT2D eigenvalue weighted by atomic mass is 16.2. The van der Waals surface area contributed by atoms with E-state index in [9.17, 15) is 4.79 Å². The van der Waals surface area contributed by atoms with Gasteiger partial charge in [-0.2, -0.15) is 0 Å². The van der Waals surface area contributed by atoms with Crippen LogP contribution in [0.4, 0.5) is 5.69 Å². The Labute approximate surface area is 108 Å². The summed E-state index contributed by atoms with van der Waals surface area (Å²) in [6, 6.07) is 6.47. The van der Waals surface area contributed by atoms with Gasteiger partial charge in [0.2, 0.25) is 5.91 Å². The van der Waals surface area contributed by atoms with Gasteiger partial charge in [0.1, 0.15) is 0 Å². The Hall–Kier alpha value is -1.39. The maximum atomic E-state index is 12.0. The molecule has 1 aliphatic heterocycles. The minimum Gasteiger partial charge on any atom is -0.325 e. The Morgan fingerprint density at radius 2 is 2.17 bits per heavy atom. The van der Waals surface area contributed by atoms with Gasteiger partial charge in [-0.05, 0) is 38.1 Å². The van der Waals surface area contributed by atoms with Crippen LogP contribution in [0.2, 0.25) is 0 Å². The summed E-state index contributed by atoms with van der Waals surface area (Å²) in [6.07, 6.45) is 0. The van der Waals surface area contributed by atoms with Crippen molar-refractivity contribution in [3.63, 3.8) is 0 Å². The maximum absolute atomic E-state index is 12.0. The van der Waals surface area contributed by atoms with E-state index in [1.165, 1.54) is 5.56 Å². The van der Waals surface area contributed by atoms with Gasteiger partial charge in [0.15, 0.2) is 0 Å². The molecule has 18 heavy (non-hydrogen) atoms. The Kier molecular flexibility index (Phi) is 3.99. The number of rotatable bonds is 4. The molecular formula is C14H21N3O. The number of aryl methyl sites for hydroxylation is 1. The molecule has 98 valence electrons. The second kappa shape index (κ2) is 5.50. The number of carbonyl (C=O) groups is 1. The van der Waals surface area contributed by atoms with E-state index in [1.807, 2.05) is 26.1 Å². The lowest BCUT2D eigenvalue weighted by Gasteiger charge is -2.35. The first kappa shape index (κ1) is 13.1. The number of likely N-dealkylation sites (N-methyl/N-ethyl adjacent to an activating group) is 1. The molecule has 2 rings (SSSR count). The molecule has 1 amide bonds. The second-order valence-electron chi connectivity index (χ2n) is 5.02. The predicted molar refractivity (Wildman–Crippen MR) is 73.8 cm³/mol. The highest BCUT2D eigenvalue weighted by Gasteiger charge is 2.22. The largest absolute Gasteiger partial charge is 0.325 e. The smallest absolute Gasteiger partial charge is 0.238 e. The van der Waals surface area contributed by atoms with Crippen molar-refractivity contribution in [3.8, 4) is 0 Å². The van der Waals surface area contributed by atoms with E-state index < -0.39 is 0 Å². The molecule has 0 radical (unpaired) electrons. The van der Waals surface area contributed by atoms with Gasteiger partial charge in [-0.3, -0.25) is 9.69 Å².